The fourth-order valence-corrected chi connectivity index (χ4v) is 2.77. The molecule has 0 spiro atoms. The van der Waals surface area contributed by atoms with Crippen LogP contribution in [0.3, 0.4) is 0 Å². The number of carbonyl (C=O) groups excluding carboxylic acids is 2. The number of hydrogen-bond acceptors (Lipinski definition) is 2. The van der Waals surface area contributed by atoms with Crippen molar-refractivity contribution in [2.45, 2.75) is 40.0 Å². The molecule has 18 heavy (non-hydrogen) atoms. The van der Waals surface area contributed by atoms with Crippen molar-refractivity contribution in [3.8, 4) is 0 Å². The summed E-state index contributed by atoms with van der Waals surface area (Å²) in [7, 11) is 0. The van der Waals surface area contributed by atoms with Gasteiger partial charge in [-0.1, -0.05) is 20.8 Å². The minimum Gasteiger partial charge on any atom is -0.355 e. The van der Waals surface area contributed by atoms with Crippen LogP contribution in [0.25, 0.3) is 0 Å². The van der Waals surface area contributed by atoms with Crippen LogP contribution in [0.2, 0.25) is 0 Å². The molecule has 2 amide bonds. The zero-order valence-electron chi connectivity index (χ0n) is 11.7. The third-order valence-electron chi connectivity index (χ3n) is 3.91. The highest BCUT2D eigenvalue weighted by Gasteiger charge is 2.37. The summed E-state index contributed by atoms with van der Waals surface area (Å²) < 4.78 is 0. The van der Waals surface area contributed by atoms with Gasteiger partial charge in [0, 0.05) is 26.1 Å². The predicted octanol–water partition coefficient (Wildman–Crippen LogP) is 1.41. The normalized spacial score (nSPS) is 27.9. The lowest BCUT2D eigenvalue weighted by Gasteiger charge is -2.41. The molecule has 0 radical (unpaired) electrons. The number of piperidine rings is 2. The number of fused-ring (bicyclic) bond motifs is 2. The van der Waals surface area contributed by atoms with Crippen LogP contribution in [0.1, 0.15) is 40.0 Å². The van der Waals surface area contributed by atoms with Crippen LogP contribution in [-0.2, 0) is 9.59 Å². The molecule has 2 atom stereocenters. The molecule has 2 rings (SSSR count). The Labute approximate surface area is 109 Å². The molecule has 2 bridgehead atoms. The van der Waals surface area contributed by atoms with Gasteiger partial charge >= 0.3 is 0 Å². The number of nitrogens with one attached hydrogen (secondary N) is 1. The highest BCUT2D eigenvalue weighted by molar-refractivity contribution is 5.82. The molecule has 0 aromatic carbocycles. The summed E-state index contributed by atoms with van der Waals surface area (Å²) >= 11 is 0. The second-order valence-corrected chi connectivity index (χ2v) is 6.90. The van der Waals surface area contributed by atoms with Gasteiger partial charge in [0.15, 0.2) is 0 Å². The van der Waals surface area contributed by atoms with Crippen molar-refractivity contribution in [3.05, 3.63) is 0 Å². The number of nitrogens with zero attached hydrogens (tertiary/aromatic N) is 1. The maximum Gasteiger partial charge on any atom is 0.224 e. The molecule has 0 aromatic rings. The topological polar surface area (TPSA) is 49.4 Å². The van der Waals surface area contributed by atoms with Crippen molar-refractivity contribution < 1.29 is 9.59 Å². The van der Waals surface area contributed by atoms with Gasteiger partial charge in [-0.3, -0.25) is 9.59 Å². The van der Waals surface area contributed by atoms with E-state index in [1.165, 1.54) is 0 Å². The third kappa shape index (κ3) is 3.24. The van der Waals surface area contributed by atoms with Gasteiger partial charge in [0.2, 0.25) is 11.8 Å². The molecule has 2 saturated heterocycles. The highest BCUT2D eigenvalue weighted by Crippen LogP contribution is 2.27. The number of hydrogen-bond donors (Lipinski definition) is 1. The lowest BCUT2D eigenvalue weighted by molar-refractivity contribution is -0.140. The van der Waals surface area contributed by atoms with E-state index in [0.29, 0.717) is 18.9 Å². The zero-order valence-corrected chi connectivity index (χ0v) is 11.7. The molecular weight excluding hydrogens is 228 g/mol. The Morgan fingerprint density at radius 1 is 1.39 bits per heavy atom. The standard InChI is InChI=1S/C14H24N2O2/c1-14(2,3)5-4-12(17)16-8-10-6-11(9-16)13(18)15-7-10/h10-11H,4-9H2,1-3H3,(H,15,18). The Bertz CT molecular complexity index is 346. The lowest BCUT2D eigenvalue weighted by Crippen LogP contribution is -2.55. The van der Waals surface area contributed by atoms with Crippen LogP contribution in [0, 0.1) is 17.3 Å². The Morgan fingerprint density at radius 3 is 2.78 bits per heavy atom. The summed E-state index contributed by atoms with van der Waals surface area (Å²) in [5, 5.41) is 2.92. The molecule has 0 saturated carbocycles. The average molecular weight is 252 g/mol. The Balaban J connectivity index is 1.89. The molecule has 2 unspecified atom stereocenters. The smallest absolute Gasteiger partial charge is 0.224 e. The van der Waals surface area contributed by atoms with Gasteiger partial charge in [-0.25, -0.2) is 0 Å². The molecule has 2 heterocycles. The van der Waals surface area contributed by atoms with Gasteiger partial charge in [0.05, 0.1) is 5.92 Å². The van der Waals surface area contributed by atoms with E-state index in [1.54, 1.807) is 0 Å². The SMILES string of the molecule is CC(C)(C)CCC(=O)N1CC2CNC(=O)C(C2)C1. The number of carbonyl (C=O) groups is 2. The molecule has 4 nitrogen and oxygen atoms in total. The summed E-state index contributed by atoms with van der Waals surface area (Å²) in [6.45, 7) is 8.62. The van der Waals surface area contributed by atoms with Crippen LogP contribution < -0.4 is 5.32 Å². The largest absolute Gasteiger partial charge is 0.355 e. The summed E-state index contributed by atoms with van der Waals surface area (Å²) in [6.07, 6.45) is 2.46. The van der Waals surface area contributed by atoms with Crippen LogP contribution >= 0.6 is 0 Å². The molecular formula is C14H24N2O2. The van der Waals surface area contributed by atoms with Gasteiger partial charge in [-0.15, -0.1) is 0 Å². The summed E-state index contributed by atoms with van der Waals surface area (Å²) in [5.41, 5.74) is 0.193. The van der Waals surface area contributed by atoms with Crippen molar-refractivity contribution in [2.24, 2.45) is 17.3 Å². The number of amides is 2. The van der Waals surface area contributed by atoms with Crippen LogP contribution in [0.15, 0.2) is 0 Å². The quantitative estimate of drug-likeness (QED) is 0.808. The maximum atomic E-state index is 12.2. The first-order valence-corrected chi connectivity index (χ1v) is 6.90. The van der Waals surface area contributed by atoms with Crippen molar-refractivity contribution in [1.82, 2.24) is 10.2 Å². The van der Waals surface area contributed by atoms with Crippen molar-refractivity contribution >= 4 is 11.8 Å². The minimum absolute atomic E-state index is 0.0242. The van der Waals surface area contributed by atoms with Crippen LogP contribution in [0.4, 0.5) is 0 Å². The van der Waals surface area contributed by atoms with E-state index in [1.807, 2.05) is 4.90 Å². The van der Waals surface area contributed by atoms with Crippen molar-refractivity contribution in [1.29, 1.82) is 0 Å². The van der Waals surface area contributed by atoms with Gasteiger partial charge in [-0.05, 0) is 24.2 Å². The zero-order chi connectivity index (χ0) is 13.3. The Morgan fingerprint density at radius 2 is 2.11 bits per heavy atom. The first kappa shape index (κ1) is 13.4. The van der Waals surface area contributed by atoms with E-state index in [2.05, 4.69) is 26.1 Å². The molecule has 2 aliphatic heterocycles. The van der Waals surface area contributed by atoms with E-state index >= 15 is 0 Å². The fraction of sp³-hybridized carbons (Fsp3) is 0.857. The first-order chi connectivity index (χ1) is 8.35. The average Bonchev–Trinajstić information content (AvgIpc) is 2.30. The third-order valence-corrected chi connectivity index (χ3v) is 3.91. The molecule has 102 valence electrons. The molecule has 4 heteroatoms. The summed E-state index contributed by atoms with van der Waals surface area (Å²) in [4.78, 5) is 25.7. The predicted molar refractivity (Wildman–Crippen MR) is 69.9 cm³/mol. The number of rotatable bonds is 2. The molecule has 1 N–H and O–H groups in total. The minimum atomic E-state index is 0.0242. The van der Waals surface area contributed by atoms with Crippen LogP contribution in [0.5, 0.6) is 0 Å². The monoisotopic (exact) mass is 252 g/mol. The van der Waals surface area contributed by atoms with E-state index in [9.17, 15) is 9.59 Å². The fourth-order valence-electron chi connectivity index (χ4n) is 2.77. The number of likely N-dealkylation sites (tertiary alicyclic amines) is 1. The van der Waals surface area contributed by atoms with Crippen molar-refractivity contribution in [3.63, 3.8) is 0 Å². The van der Waals surface area contributed by atoms with E-state index < -0.39 is 0 Å². The van der Waals surface area contributed by atoms with Gasteiger partial charge in [-0.2, -0.15) is 0 Å². The maximum absolute atomic E-state index is 12.2. The second kappa shape index (κ2) is 4.90. The van der Waals surface area contributed by atoms with Gasteiger partial charge in [0.25, 0.3) is 0 Å². The Hall–Kier alpha value is -1.06. The first-order valence-electron chi connectivity index (χ1n) is 6.90. The summed E-state index contributed by atoms with van der Waals surface area (Å²) in [6, 6.07) is 0. The van der Waals surface area contributed by atoms with Crippen LogP contribution in [-0.4, -0.2) is 36.3 Å². The second-order valence-electron chi connectivity index (χ2n) is 6.90. The van der Waals surface area contributed by atoms with E-state index in [0.717, 1.165) is 25.9 Å². The molecule has 0 aromatic heterocycles. The molecule has 2 fully saturated rings. The van der Waals surface area contributed by atoms with Crippen molar-refractivity contribution in [2.75, 3.05) is 19.6 Å². The highest BCUT2D eigenvalue weighted by atomic mass is 16.2. The molecule has 2 aliphatic rings. The molecule has 0 aliphatic carbocycles. The van der Waals surface area contributed by atoms with E-state index in [4.69, 9.17) is 0 Å². The van der Waals surface area contributed by atoms with Gasteiger partial charge in [0.1, 0.15) is 0 Å². The lowest BCUT2D eigenvalue weighted by atomic mass is 9.84. The van der Waals surface area contributed by atoms with Gasteiger partial charge < -0.3 is 10.2 Å². The summed E-state index contributed by atoms with van der Waals surface area (Å²) in [5.74, 6) is 0.824. The Kier molecular flexibility index (Phi) is 3.64. The van der Waals surface area contributed by atoms with E-state index in [-0.39, 0.29) is 23.1 Å².